The first-order chi connectivity index (χ1) is 4.39. The van der Waals surface area contributed by atoms with Crippen LogP contribution in [-0.4, -0.2) is 6.04 Å². The van der Waals surface area contributed by atoms with Crippen molar-refractivity contribution in [1.29, 1.82) is 0 Å². The Labute approximate surface area is 69.1 Å². The van der Waals surface area contributed by atoms with Gasteiger partial charge in [-0.15, -0.1) is 12.4 Å². The van der Waals surface area contributed by atoms with Crippen molar-refractivity contribution < 1.29 is 0 Å². The average Bonchev–Trinajstić information content (AvgIpc) is 1.79. The van der Waals surface area contributed by atoms with E-state index in [0.29, 0.717) is 6.04 Å². The van der Waals surface area contributed by atoms with Gasteiger partial charge in [-0.05, 0) is 32.1 Å². The van der Waals surface area contributed by atoms with Crippen LogP contribution in [-0.2, 0) is 0 Å². The summed E-state index contributed by atoms with van der Waals surface area (Å²) < 4.78 is 0. The first-order valence-corrected chi connectivity index (χ1v) is 3.80. The molecule has 0 fully saturated rings. The lowest BCUT2D eigenvalue weighted by Gasteiger charge is -2.10. The zero-order valence-electron chi connectivity index (χ0n) is 6.25. The minimum atomic E-state index is 0. The molecule has 0 aromatic heterocycles. The van der Waals surface area contributed by atoms with Gasteiger partial charge in [-0.1, -0.05) is 12.2 Å². The summed E-state index contributed by atoms with van der Waals surface area (Å²) in [6, 6.07) is 0.468. The van der Waals surface area contributed by atoms with Crippen molar-refractivity contribution in [3.8, 4) is 0 Å². The molecular formula is C8H16ClN. The standard InChI is InChI=1S/C8H15N.ClH/c9-8-6-4-2-1-3-5-7-8;/h1-2,8H,3-7,9H2;1H/b2-1-;. The number of nitrogens with two attached hydrogens (primary N) is 1. The van der Waals surface area contributed by atoms with Gasteiger partial charge in [0, 0.05) is 6.04 Å². The molecule has 1 unspecified atom stereocenters. The van der Waals surface area contributed by atoms with E-state index in [2.05, 4.69) is 12.2 Å². The van der Waals surface area contributed by atoms with E-state index in [1.807, 2.05) is 0 Å². The summed E-state index contributed by atoms with van der Waals surface area (Å²) in [5.41, 5.74) is 5.77. The Morgan fingerprint density at radius 1 is 1.10 bits per heavy atom. The molecule has 0 saturated carbocycles. The number of hydrogen-bond donors (Lipinski definition) is 1. The Hall–Kier alpha value is -0.0100. The summed E-state index contributed by atoms with van der Waals surface area (Å²) in [5, 5.41) is 0. The van der Waals surface area contributed by atoms with E-state index in [4.69, 9.17) is 5.73 Å². The van der Waals surface area contributed by atoms with Crippen molar-refractivity contribution in [1.82, 2.24) is 0 Å². The van der Waals surface area contributed by atoms with Gasteiger partial charge < -0.3 is 5.73 Å². The van der Waals surface area contributed by atoms with Crippen LogP contribution in [0.1, 0.15) is 32.1 Å². The molecule has 0 bridgehead atoms. The molecular weight excluding hydrogens is 146 g/mol. The van der Waals surface area contributed by atoms with Crippen molar-refractivity contribution >= 4 is 12.4 Å². The average molecular weight is 162 g/mol. The molecule has 1 nitrogen and oxygen atoms in total. The molecule has 2 N–H and O–H groups in total. The largest absolute Gasteiger partial charge is 0.328 e. The molecule has 0 amide bonds. The summed E-state index contributed by atoms with van der Waals surface area (Å²) in [4.78, 5) is 0. The van der Waals surface area contributed by atoms with Gasteiger partial charge in [-0.25, -0.2) is 0 Å². The van der Waals surface area contributed by atoms with Gasteiger partial charge in [0.2, 0.25) is 0 Å². The van der Waals surface area contributed by atoms with Crippen molar-refractivity contribution in [2.45, 2.75) is 38.1 Å². The predicted molar refractivity (Wildman–Crippen MR) is 47.4 cm³/mol. The van der Waals surface area contributed by atoms with E-state index in [9.17, 15) is 0 Å². The zero-order valence-corrected chi connectivity index (χ0v) is 7.07. The third-order valence-electron chi connectivity index (χ3n) is 1.82. The Bertz CT molecular complexity index is 101. The third-order valence-corrected chi connectivity index (χ3v) is 1.82. The summed E-state index contributed by atoms with van der Waals surface area (Å²) >= 11 is 0. The van der Waals surface area contributed by atoms with Gasteiger partial charge in [-0.3, -0.25) is 0 Å². The quantitative estimate of drug-likeness (QED) is 0.542. The van der Waals surface area contributed by atoms with Gasteiger partial charge in [0.05, 0.1) is 0 Å². The van der Waals surface area contributed by atoms with Gasteiger partial charge in [0.15, 0.2) is 0 Å². The molecule has 0 aromatic rings. The lowest BCUT2D eigenvalue weighted by molar-refractivity contribution is 0.544. The maximum Gasteiger partial charge on any atom is 0.00418 e. The minimum Gasteiger partial charge on any atom is -0.328 e. The highest BCUT2D eigenvalue weighted by Gasteiger charge is 2.01. The van der Waals surface area contributed by atoms with Crippen LogP contribution in [0.15, 0.2) is 12.2 Å². The van der Waals surface area contributed by atoms with E-state index >= 15 is 0 Å². The topological polar surface area (TPSA) is 26.0 Å². The monoisotopic (exact) mass is 161 g/mol. The summed E-state index contributed by atoms with van der Waals surface area (Å²) in [5.74, 6) is 0. The number of halogens is 1. The van der Waals surface area contributed by atoms with Crippen molar-refractivity contribution in [2.75, 3.05) is 0 Å². The molecule has 1 rings (SSSR count). The van der Waals surface area contributed by atoms with Gasteiger partial charge in [0.1, 0.15) is 0 Å². The SMILES string of the molecule is Cl.NC1CC/C=C\CCC1. The lowest BCUT2D eigenvalue weighted by atomic mass is 10.0. The van der Waals surface area contributed by atoms with Gasteiger partial charge >= 0.3 is 0 Å². The smallest absolute Gasteiger partial charge is 0.00418 e. The molecule has 1 atom stereocenters. The second kappa shape index (κ2) is 5.75. The molecule has 0 saturated heterocycles. The van der Waals surface area contributed by atoms with Crippen molar-refractivity contribution in [3.63, 3.8) is 0 Å². The normalized spacial score (nSPS) is 29.5. The van der Waals surface area contributed by atoms with Crippen LogP contribution in [0.2, 0.25) is 0 Å². The summed E-state index contributed by atoms with van der Waals surface area (Å²) in [7, 11) is 0. The molecule has 1 aliphatic carbocycles. The molecule has 0 heterocycles. The maximum atomic E-state index is 5.77. The second-order valence-corrected chi connectivity index (χ2v) is 2.74. The van der Waals surface area contributed by atoms with Crippen LogP contribution < -0.4 is 5.73 Å². The highest BCUT2D eigenvalue weighted by Crippen LogP contribution is 2.09. The van der Waals surface area contributed by atoms with Gasteiger partial charge in [0.25, 0.3) is 0 Å². The Morgan fingerprint density at radius 3 is 2.60 bits per heavy atom. The highest BCUT2D eigenvalue weighted by molar-refractivity contribution is 5.85. The van der Waals surface area contributed by atoms with Crippen LogP contribution >= 0.6 is 12.4 Å². The first-order valence-electron chi connectivity index (χ1n) is 3.80. The van der Waals surface area contributed by atoms with E-state index in [0.717, 1.165) is 0 Å². The fourth-order valence-corrected chi connectivity index (χ4v) is 1.19. The fourth-order valence-electron chi connectivity index (χ4n) is 1.19. The van der Waals surface area contributed by atoms with Crippen LogP contribution in [0.25, 0.3) is 0 Å². The predicted octanol–water partition coefficient (Wildman–Crippen LogP) is 2.26. The summed E-state index contributed by atoms with van der Waals surface area (Å²) in [6.45, 7) is 0. The second-order valence-electron chi connectivity index (χ2n) is 2.74. The molecule has 0 spiro atoms. The summed E-state index contributed by atoms with van der Waals surface area (Å²) in [6.07, 6.45) is 10.6. The zero-order chi connectivity index (χ0) is 6.53. The molecule has 0 aromatic carbocycles. The molecule has 0 aliphatic heterocycles. The van der Waals surface area contributed by atoms with Crippen LogP contribution in [0, 0.1) is 0 Å². The van der Waals surface area contributed by atoms with E-state index in [1.54, 1.807) is 0 Å². The van der Waals surface area contributed by atoms with Crippen LogP contribution in [0.5, 0.6) is 0 Å². The Kier molecular flexibility index (Phi) is 5.74. The van der Waals surface area contributed by atoms with E-state index < -0.39 is 0 Å². The molecule has 2 heteroatoms. The van der Waals surface area contributed by atoms with Gasteiger partial charge in [-0.2, -0.15) is 0 Å². The van der Waals surface area contributed by atoms with Crippen LogP contribution in [0.4, 0.5) is 0 Å². The lowest BCUT2D eigenvalue weighted by Crippen LogP contribution is -2.19. The van der Waals surface area contributed by atoms with E-state index in [1.165, 1.54) is 32.1 Å². The van der Waals surface area contributed by atoms with Crippen LogP contribution in [0.3, 0.4) is 0 Å². The molecule has 0 radical (unpaired) electrons. The van der Waals surface area contributed by atoms with Crippen molar-refractivity contribution in [3.05, 3.63) is 12.2 Å². The first kappa shape index (κ1) is 9.99. The number of rotatable bonds is 0. The van der Waals surface area contributed by atoms with Crippen molar-refractivity contribution in [2.24, 2.45) is 5.73 Å². The molecule has 60 valence electrons. The molecule has 1 aliphatic rings. The Morgan fingerprint density at radius 2 is 1.80 bits per heavy atom. The number of hydrogen-bond acceptors (Lipinski definition) is 1. The maximum absolute atomic E-state index is 5.77. The number of allylic oxidation sites excluding steroid dienone is 2. The molecule has 10 heavy (non-hydrogen) atoms. The highest BCUT2D eigenvalue weighted by atomic mass is 35.5. The fraction of sp³-hybridized carbons (Fsp3) is 0.750. The minimum absolute atomic E-state index is 0. The Balaban J connectivity index is 0.000000810. The van der Waals surface area contributed by atoms with E-state index in [-0.39, 0.29) is 12.4 Å². The third kappa shape index (κ3) is 3.91.